The molecule has 98 valence electrons. The Bertz CT molecular complexity index is 540. The molecule has 2 aromatic rings. The molecule has 1 aromatic heterocycles. The third-order valence-corrected chi connectivity index (χ3v) is 2.79. The van der Waals surface area contributed by atoms with E-state index in [1.54, 1.807) is 6.07 Å². The highest BCUT2D eigenvalue weighted by molar-refractivity contribution is 5.85. The summed E-state index contributed by atoms with van der Waals surface area (Å²) in [5, 5.41) is 16.5. The number of carboxylic acid groups (broad SMARTS) is 1. The summed E-state index contributed by atoms with van der Waals surface area (Å²) >= 11 is 0. The largest absolute Gasteiger partial charge is 0.476 e. The monoisotopic (exact) mass is 257 g/mol. The summed E-state index contributed by atoms with van der Waals surface area (Å²) in [6.07, 6.45) is 0. The summed E-state index contributed by atoms with van der Waals surface area (Å²) in [6.45, 7) is 3.52. The summed E-state index contributed by atoms with van der Waals surface area (Å²) < 4.78 is 0. The van der Waals surface area contributed by atoms with Crippen molar-refractivity contribution in [3.8, 4) is 0 Å². The number of anilines is 1. The van der Waals surface area contributed by atoms with E-state index in [0.717, 1.165) is 13.1 Å². The van der Waals surface area contributed by atoms with Gasteiger partial charge in [-0.2, -0.15) is 0 Å². The number of hydrogen-bond acceptors (Lipinski definition) is 4. The Balaban J connectivity index is 2.15. The summed E-state index contributed by atoms with van der Waals surface area (Å²) in [5.74, 6) is -0.387. The molecule has 0 atom stereocenters. The lowest BCUT2D eigenvalue weighted by Gasteiger charge is -2.21. The van der Waals surface area contributed by atoms with Crippen molar-refractivity contribution < 1.29 is 9.90 Å². The predicted octanol–water partition coefficient (Wildman–Crippen LogP) is 2.20. The second kappa shape index (κ2) is 5.95. The summed E-state index contributed by atoms with van der Waals surface area (Å²) in [6, 6.07) is 13.2. The van der Waals surface area contributed by atoms with Crippen molar-refractivity contribution in [2.45, 2.75) is 13.5 Å². The van der Waals surface area contributed by atoms with Gasteiger partial charge in [0.25, 0.3) is 0 Å². The molecule has 1 N–H and O–H groups in total. The number of hydrogen-bond donors (Lipinski definition) is 1. The van der Waals surface area contributed by atoms with Gasteiger partial charge in [-0.1, -0.05) is 30.3 Å². The van der Waals surface area contributed by atoms with Gasteiger partial charge in [0, 0.05) is 13.1 Å². The van der Waals surface area contributed by atoms with Crippen LogP contribution in [0.1, 0.15) is 23.0 Å². The average Bonchev–Trinajstić information content (AvgIpc) is 2.46. The first-order chi connectivity index (χ1) is 9.20. The molecule has 0 amide bonds. The Morgan fingerprint density at radius 3 is 2.42 bits per heavy atom. The smallest absolute Gasteiger partial charge is 0.356 e. The van der Waals surface area contributed by atoms with Crippen LogP contribution in [0, 0.1) is 0 Å². The van der Waals surface area contributed by atoms with Gasteiger partial charge >= 0.3 is 5.97 Å². The Morgan fingerprint density at radius 2 is 1.89 bits per heavy atom. The molecule has 5 nitrogen and oxygen atoms in total. The minimum Gasteiger partial charge on any atom is -0.476 e. The Labute approximate surface area is 111 Å². The van der Waals surface area contributed by atoms with E-state index in [2.05, 4.69) is 10.2 Å². The molecule has 1 aromatic carbocycles. The summed E-state index contributed by atoms with van der Waals surface area (Å²) in [5.41, 5.74) is 1.13. The third kappa shape index (κ3) is 3.28. The molecule has 0 spiro atoms. The van der Waals surface area contributed by atoms with Crippen molar-refractivity contribution in [3.05, 3.63) is 53.7 Å². The van der Waals surface area contributed by atoms with E-state index in [4.69, 9.17) is 5.11 Å². The van der Waals surface area contributed by atoms with Crippen molar-refractivity contribution in [3.63, 3.8) is 0 Å². The molecule has 0 saturated heterocycles. The minimum atomic E-state index is -1.06. The maximum absolute atomic E-state index is 10.7. The van der Waals surface area contributed by atoms with Gasteiger partial charge in [-0.3, -0.25) is 0 Å². The molecule has 0 aliphatic carbocycles. The van der Waals surface area contributed by atoms with Crippen LogP contribution in [-0.4, -0.2) is 27.8 Å². The SMILES string of the molecule is CCN(Cc1ccccc1)c1ccc(C(=O)O)nn1. The predicted molar refractivity (Wildman–Crippen MR) is 72.2 cm³/mol. The number of aromatic nitrogens is 2. The number of nitrogens with zero attached hydrogens (tertiary/aromatic N) is 3. The van der Waals surface area contributed by atoms with Crippen molar-refractivity contribution in [1.82, 2.24) is 10.2 Å². The molecule has 1 heterocycles. The Morgan fingerprint density at radius 1 is 1.16 bits per heavy atom. The van der Waals surface area contributed by atoms with Gasteiger partial charge in [0.15, 0.2) is 11.5 Å². The van der Waals surface area contributed by atoms with Crippen LogP contribution in [0.25, 0.3) is 0 Å². The maximum atomic E-state index is 10.7. The first-order valence-electron chi connectivity index (χ1n) is 6.06. The molecular weight excluding hydrogens is 242 g/mol. The first-order valence-corrected chi connectivity index (χ1v) is 6.06. The number of benzene rings is 1. The second-order valence-electron chi connectivity index (χ2n) is 4.08. The lowest BCUT2D eigenvalue weighted by Crippen LogP contribution is -2.23. The fraction of sp³-hybridized carbons (Fsp3) is 0.214. The molecule has 0 aliphatic rings. The van der Waals surface area contributed by atoms with Crippen molar-refractivity contribution in [2.75, 3.05) is 11.4 Å². The van der Waals surface area contributed by atoms with E-state index in [1.165, 1.54) is 11.6 Å². The zero-order valence-corrected chi connectivity index (χ0v) is 10.7. The van der Waals surface area contributed by atoms with E-state index in [9.17, 15) is 4.79 Å². The molecule has 2 rings (SSSR count). The van der Waals surface area contributed by atoms with Crippen LogP contribution in [0.15, 0.2) is 42.5 Å². The summed E-state index contributed by atoms with van der Waals surface area (Å²) in [7, 11) is 0. The second-order valence-corrected chi connectivity index (χ2v) is 4.08. The van der Waals surface area contributed by atoms with E-state index in [1.807, 2.05) is 42.2 Å². The zero-order chi connectivity index (χ0) is 13.7. The van der Waals surface area contributed by atoms with Crippen LogP contribution in [-0.2, 0) is 6.54 Å². The van der Waals surface area contributed by atoms with Crippen LogP contribution in [0.3, 0.4) is 0 Å². The molecular formula is C14H15N3O2. The number of rotatable bonds is 5. The third-order valence-electron chi connectivity index (χ3n) is 2.79. The van der Waals surface area contributed by atoms with Gasteiger partial charge < -0.3 is 10.0 Å². The summed E-state index contributed by atoms with van der Waals surface area (Å²) in [4.78, 5) is 12.8. The van der Waals surface area contributed by atoms with E-state index >= 15 is 0 Å². The molecule has 19 heavy (non-hydrogen) atoms. The fourth-order valence-electron chi connectivity index (χ4n) is 1.77. The maximum Gasteiger partial charge on any atom is 0.356 e. The van der Waals surface area contributed by atoms with E-state index in [-0.39, 0.29) is 5.69 Å². The van der Waals surface area contributed by atoms with E-state index < -0.39 is 5.97 Å². The molecule has 0 saturated carbocycles. The van der Waals surface area contributed by atoms with Crippen LogP contribution in [0.4, 0.5) is 5.82 Å². The van der Waals surface area contributed by atoms with Gasteiger partial charge in [0.05, 0.1) is 0 Å². The highest BCUT2D eigenvalue weighted by Crippen LogP contribution is 2.13. The molecule has 0 unspecified atom stereocenters. The number of carboxylic acids is 1. The molecule has 0 bridgehead atoms. The van der Waals surface area contributed by atoms with Crippen LogP contribution >= 0.6 is 0 Å². The Kier molecular flexibility index (Phi) is 4.07. The Hall–Kier alpha value is -2.43. The molecule has 0 radical (unpaired) electrons. The van der Waals surface area contributed by atoms with Gasteiger partial charge in [-0.05, 0) is 24.6 Å². The van der Waals surface area contributed by atoms with Gasteiger partial charge in [0.1, 0.15) is 0 Å². The molecule has 5 heteroatoms. The minimum absolute atomic E-state index is 0.0421. The normalized spacial score (nSPS) is 10.2. The molecule has 0 aliphatic heterocycles. The van der Waals surface area contributed by atoms with Gasteiger partial charge in [-0.15, -0.1) is 10.2 Å². The highest BCUT2D eigenvalue weighted by Gasteiger charge is 2.10. The quantitative estimate of drug-likeness (QED) is 0.889. The lowest BCUT2D eigenvalue weighted by atomic mass is 10.2. The van der Waals surface area contributed by atoms with Crippen molar-refractivity contribution in [1.29, 1.82) is 0 Å². The fourth-order valence-corrected chi connectivity index (χ4v) is 1.77. The van der Waals surface area contributed by atoms with Crippen LogP contribution < -0.4 is 4.90 Å². The standard InChI is InChI=1S/C14H15N3O2/c1-2-17(10-11-6-4-3-5-7-11)13-9-8-12(14(18)19)15-16-13/h3-9H,2,10H2,1H3,(H,18,19). The number of aromatic carboxylic acids is 1. The van der Waals surface area contributed by atoms with Gasteiger partial charge in [-0.25, -0.2) is 4.79 Å². The highest BCUT2D eigenvalue weighted by atomic mass is 16.4. The van der Waals surface area contributed by atoms with Crippen molar-refractivity contribution >= 4 is 11.8 Å². The zero-order valence-electron chi connectivity index (χ0n) is 10.7. The van der Waals surface area contributed by atoms with Crippen LogP contribution in [0.2, 0.25) is 0 Å². The topological polar surface area (TPSA) is 66.3 Å². The average molecular weight is 257 g/mol. The number of carbonyl (C=O) groups is 1. The first kappa shape index (κ1) is 13.0. The van der Waals surface area contributed by atoms with Gasteiger partial charge in [0.2, 0.25) is 0 Å². The molecule has 0 fully saturated rings. The lowest BCUT2D eigenvalue weighted by molar-refractivity contribution is 0.0689. The van der Waals surface area contributed by atoms with Crippen molar-refractivity contribution in [2.24, 2.45) is 0 Å². The van der Waals surface area contributed by atoms with E-state index in [0.29, 0.717) is 5.82 Å². The van der Waals surface area contributed by atoms with Crippen LogP contribution in [0.5, 0.6) is 0 Å².